The fourth-order valence-electron chi connectivity index (χ4n) is 12.3. The maximum absolute atomic E-state index is 13.4. The molecule has 1 spiro atoms. The van der Waals surface area contributed by atoms with E-state index in [-0.39, 0.29) is 54.5 Å². The van der Waals surface area contributed by atoms with Gasteiger partial charge in [0.05, 0.1) is 42.0 Å². The molecule has 2 saturated carbocycles. The molecule has 5 aliphatic heterocycles. The number of hydrogen-bond donors (Lipinski definition) is 6. The number of allylic oxidation sites excluding steroid dienone is 3. The number of nitrogens with zero attached hydrogens (tertiary/aromatic N) is 2. The van der Waals surface area contributed by atoms with Crippen LogP contribution in [-0.4, -0.2) is 68.3 Å². The van der Waals surface area contributed by atoms with Crippen LogP contribution < -0.4 is 20.5 Å². The number of nitrogens with two attached hydrogens (primary N) is 1. The lowest BCUT2D eigenvalue weighted by Crippen LogP contribution is -2.47. The second-order valence-corrected chi connectivity index (χ2v) is 19.4. The lowest BCUT2D eigenvalue weighted by molar-refractivity contribution is -0.122. The minimum atomic E-state index is -1.09. The minimum absolute atomic E-state index is 0.0496. The summed E-state index contributed by atoms with van der Waals surface area (Å²) in [5.74, 6) is 10.7. The number of aliphatic hydroxyl groups excluding tert-OH is 3. The highest BCUT2D eigenvalue weighted by Crippen LogP contribution is 2.52. The van der Waals surface area contributed by atoms with Crippen molar-refractivity contribution < 1.29 is 34.7 Å². The summed E-state index contributed by atoms with van der Waals surface area (Å²) in [6.07, 6.45) is 21.0. The highest BCUT2D eigenvalue weighted by atomic mass is 16.5. The number of phenolic OH excluding ortho intramolecular Hbond substituents is 1. The average molecular weight is 849 g/mol. The summed E-state index contributed by atoms with van der Waals surface area (Å²) in [7, 11) is 0. The number of nitrogens with one attached hydrogen (secondary N) is 1. The smallest absolute Gasteiger partial charge is 0.187 e. The van der Waals surface area contributed by atoms with Crippen LogP contribution in [0.3, 0.4) is 0 Å². The van der Waals surface area contributed by atoms with E-state index in [9.17, 15) is 25.2 Å². The van der Waals surface area contributed by atoms with E-state index in [0.29, 0.717) is 42.7 Å². The van der Waals surface area contributed by atoms with Gasteiger partial charge in [-0.2, -0.15) is 0 Å². The van der Waals surface area contributed by atoms with E-state index in [4.69, 9.17) is 20.2 Å². The molecule has 5 heterocycles. The van der Waals surface area contributed by atoms with Gasteiger partial charge in [0.2, 0.25) is 0 Å². The fourth-order valence-corrected chi connectivity index (χ4v) is 12.3. The average Bonchev–Trinajstić information content (AvgIpc) is 4.11. The number of benzene rings is 2. The van der Waals surface area contributed by atoms with Gasteiger partial charge >= 0.3 is 0 Å². The summed E-state index contributed by atoms with van der Waals surface area (Å²) in [6.45, 7) is 1.18. The van der Waals surface area contributed by atoms with Crippen LogP contribution in [0.1, 0.15) is 123 Å². The molecule has 2 aromatic rings. The second kappa shape index (κ2) is 16.1. The number of aliphatic imine (C=N–C) groups is 1. The van der Waals surface area contributed by atoms with E-state index < -0.39 is 41.8 Å². The molecule has 4 aliphatic carbocycles. The Morgan fingerprint density at radius 2 is 1.84 bits per heavy atom. The van der Waals surface area contributed by atoms with Gasteiger partial charge in [0, 0.05) is 61.2 Å². The van der Waals surface area contributed by atoms with Crippen LogP contribution >= 0.6 is 0 Å². The van der Waals surface area contributed by atoms with E-state index in [2.05, 4.69) is 58.5 Å². The van der Waals surface area contributed by atoms with Crippen molar-refractivity contribution in [1.82, 2.24) is 10.2 Å². The van der Waals surface area contributed by atoms with Crippen molar-refractivity contribution in [2.45, 2.75) is 120 Å². The third-order valence-corrected chi connectivity index (χ3v) is 15.7. The molecule has 10 unspecified atom stereocenters. The molecule has 7 N–H and O–H groups in total. The van der Waals surface area contributed by atoms with Gasteiger partial charge in [0.25, 0.3) is 0 Å². The number of rotatable bonds is 7. The standard InChI is InChI=1S/C52H56N4O7/c53-50-37-14-13-36-42(58)16-15-40-51(56-27-39-38(26-54-41(39)28-56)34-11-9-32(25-55-50)48(37)49(34)36)63-47-22-31(43(59)24-46(47)62-20-19-52(40)17-3-4-18-52)7-10-33(57)23-45(61)35-12-8-30(21-44(35)60)29-5-1-2-6-29/h8-9,11-14,22,24,26-27,29-30,32,34-35,40,42,44-45,50-51,55,58-61H,1-7,10,17-18,21,23,25,28,53H2. The number of aryl methyl sites for hydroxylation is 1. The number of carbonyl (C=O) groups is 1. The van der Waals surface area contributed by atoms with E-state index in [1.54, 1.807) is 6.07 Å². The van der Waals surface area contributed by atoms with Gasteiger partial charge < -0.3 is 40.5 Å². The van der Waals surface area contributed by atoms with Crippen LogP contribution in [-0.2, 0) is 11.2 Å². The van der Waals surface area contributed by atoms with Crippen molar-refractivity contribution in [2.75, 3.05) is 13.1 Å². The summed E-state index contributed by atoms with van der Waals surface area (Å²) >= 11 is 0. The maximum Gasteiger partial charge on any atom is 0.187 e. The van der Waals surface area contributed by atoms with E-state index in [0.717, 1.165) is 64.8 Å². The maximum atomic E-state index is 13.4. The first-order valence-corrected chi connectivity index (χ1v) is 23.2. The molecule has 0 radical (unpaired) electrons. The van der Waals surface area contributed by atoms with Crippen LogP contribution in [0.4, 0.5) is 0 Å². The first-order valence-electron chi connectivity index (χ1n) is 23.2. The zero-order valence-electron chi connectivity index (χ0n) is 35.5. The molecule has 11 nitrogen and oxygen atoms in total. The topological polar surface area (TPSA) is 170 Å². The zero-order valence-corrected chi connectivity index (χ0v) is 35.5. The Kier molecular flexibility index (Phi) is 10.4. The number of fused-ring (bicyclic) bond motifs is 6. The zero-order chi connectivity index (χ0) is 43.0. The molecular weight excluding hydrogens is 793 g/mol. The number of ketones is 1. The van der Waals surface area contributed by atoms with E-state index in [1.807, 2.05) is 24.4 Å². The van der Waals surface area contributed by atoms with Gasteiger partial charge in [-0.3, -0.25) is 15.1 Å². The number of aliphatic hydroxyl groups is 3. The van der Waals surface area contributed by atoms with Crippen molar-refractivity contribution in [3.05, 3.63) is 99.9 Å². The molecule has 11 rings (SSSR count). The number of phenols is 1. The predicted molar refractivity (Wildman–Crippen MR) is 237 cm³/mol. The van der Waals surface area contributed by atoms with E-state index >= 15 is 0 Å². The molecule has 11 heteroatoms. The molecule has 10 atom stereocenters. The van der Waals surface area contributed by atoms with Crippen molar-refractivity contribution in [2.24, 2.45) is 39.8 Å². The summed E-state index contributed by atoms with van der Waals surface area (Å²) in [6, 6.07) is 7.24. The van der Waals surface area contributed by atoms with Gasteiger partial charge in [-0.15, -0.1) is 0 Å². The van der Waals surface area contributed by atoms with Crippen LogP contribution in [0, 0.1) is 53.0 Å². The number of ether oxygens (including phenoxy) is 2. The third kappa shape index (κ3) is 7.14. The lowest BCUT2D eigenvalue weighted by atomic mass is 9.71. The first kappa shape index (κ1) is 40.6. The molecule has 2 fully saturated rings. The number of hydrogen-bond acceptors (Lipinski definition) is 11. The normalized spacial score (nSPS) is 32.2. The molecule has 9 aliphatic rings. The van der Waals surface area contributed by atoms with Crippen LogP contribution in [0.15, 0.2) is 77.1 Å². The number of carbonyl (C=O) groups excluding carboxylic acids is 1. The second-order valence-electron chi connectivity index (χ2n) is 19.4. The molecule has 0 amide bonds. The molecular formula is C52H56N4O7. The predicted octanol–water partition coefficient (Wildman–Crippen LogP) is 6.21. The molecule has 326 valence electrons. The largest absolute Gasteiger partial charge is 0.508 e. The molecule has 0 aromatic heterocycles. The Hall–Kier alpha value is -5.14. The minimum Gasteiger partial charge on any atom is -0.508 e. The van der Waals surface area contributed by atoms with Crippen molar-refractivity contribution in [3.8, 4) is 41.1 Å². The first-order chi connectivity index (χ1) is 30.6. The highest BCUT2D eigenvalue weighted by Gasteiger charge is 2.49. The summed E-state index contributed by atoms with van der Waals surface area (Å²) in [5.41, 5.74) is 13.5. The quantitative estimate of drug-likeness (QED) is 0.139. The van der Waals surface area contributed by atoms with Gasteiger partial charge in [0.1, 0.15) is 23.7 Å². The van der Waals surface area contributed by atoms with Gasteiger partial charge in [-0.05, 0) is 89.8 Å². The van der Waals surface area contributed by atoms with Gasteiger partial charge in [0.15, 0.2) is 17.7 Å². The molecule has 2 aromatic carbocycles. The van der Waals surface area contributed by atoms with Crippen LogP contribution in [0.5, 0.6) is 17.2 Å². The summed E-state index contributed by atoms with van der Waals surface area (Å²) in [5, 5.41) is 49.1. The number of aromatic hydroxyl groups is 1. The Morgan fingerprint density at radius 1 is 1.02 bits per heavy atom. The number of Topliss-reactive ketones (excluding diaryl/α,β-unsaturated/α-hetero) is 1. The van der Waals surface area contributed by atoms with Crippen molar-refractivity contribution >= 4 is 11.5 Å². The monoisotopic (exact) mass is 848 g/mol. The fraction of sp³-hybridized carbons (Fsp3) is 0.500. The van der Waals surface area contributed by atoms with Crippen LogP contribution in [0.25, 0.3) is 0 Å². The summed E-state index contributed by atoms with van der Waals surface area (Å²) in [4.78, 5) is 20.5. The Balaban J connectivity index is 0.907. The summed E-state index contributed by atoms with van der Waals surface area (Å²) < 4.78 is 13.2. The Labute approximate surface area is 368 Å². The third-order valence-electron chi connectivity index (χ3n) is 15.7. The Morgan fingerprint density at radius 3 is 2.67 bits per heavy atom. The highest BCUT2D eigenvalue weighted by molar-refractivity contribution is 6.10. The SMILES string of the molecule is NC1NCC2C=CC3C4=CN=C5CN(C=C45)C4Oc5cc(CCC(=O)CC(O)C6C=CC(C7CCCC7)CC6O)c(O)cc5OC#CC5(CCCC5)C4C#CC(O)c4ccc1c2c43. The Bertz CT molecular complexity index is 2500. The van der Waals surface area contributed by atoms with E-state index in [1.165, 1.54) is 31.7 Å². The molecule has 2 bridgehead atoms. The van der Waals surface area contributed by atoms with Crippen molar-refractivity contribution in [3.63, 3.8) is 0 Å². The van der Waals surface area contributed by atoms with Crippen LogP contribution in [0.2, 0.25) is 0 Å². The van der Waals surface area contributed by atoms with Gasteiger partial charge in [-0.1, -0.05) is 79.9 Å². The van der Waals surface area contributed by atoms with Gasteiger partial charge in [-0.25, -0.2) is 0 Å². The molecule has 0 saturated heterocycles. The molecule has 63 heavy (non-hydrogen) atoms. The lowest BCUT2D eigenvalue weighted by Gasteiger charge is -2.39. The van der Waals surface area contributed by atoms with Crippen molar-refractivity contribution in [1.29, 1.82) is 0 Å².